The Labute approximate surface area is 161 Å². The number of carboxylic acid groups (broad SMARTS) is 1. The SMILES string of the molecule is Cc1cc(C(=O)O)ccc1-c1ccc(/C=C(/C#N)C(=O)Nc2ccccc2)o1. The van der Waals surface area contributed by atoms with Crippen LogP contribution in [0.2, 0.25) is 0 Å². The Morgan fingerprint density at radius 1 is 1.11 bits per heavy atom. The first-order valence-electron chi connectivity index (χ1n) is 8.40. The van der Waals surface area contributed by atoms with Crippen LogP contribution in [0.4, 0.5) is 5.69 Å². The molecular weight excluding hydrogens is 356 g/mol. The Morgan fingerprint density at radius 3 is 2.50 bits per heavy atom. The number of hydrogen-bond acceptors (Lipinski definition) is 4. The van der Waals surface area contributed by atoms with Gasteiger partial charge in [0.1, 0.15) is 23.2 Å². The molecule has 6 nitrogen and oxygen atoms in total. The van der Waals surface area contributed by atoms with Gasteiger partial charge >= 0.3 is 5.97 Å². The van der Waals surface area contributed by atoms with Crippen LogP contribution in [0.1, 0.15) is 21.7 Å². The van der Waals surface area contributed by atoms with Crippen molar-refractivity contribution in [2.75, 3.05) is 5.32 Å². The number of carbonyl (C=O) groups excluding carboxylic acids is 1. The Bertz CT molecular complexity index is 1110. The molecule has 0 atom stereocenters. The van der Waals surface area contributed by atoms with Crippen LogP contribution in [-0.4, -0.2) is 17.0 Å². The lowest BCUT2D eigenvalue weighted by atomic mass is 10.0. The van der Waals surface area contributed by atoms with Gasteiger partial charge in [0.25, 0.3) is 5.91 Å². The minimum absolute atomic E-state index is 0.0947. The van der Waals surface area contributed by atoms with Crippen LogP contribution in [0.25, 0.3) is 17.4 Å². The van der Waals surface area contributed by atoms with E-state index in [4.69, 9.17) is 9.52 Å². The summed E-state index contributed by atoms with van der Waals surface area (Å²) < 4.78 is 5.73. The lowest BCUT2D eigenvalue weighted by Gasteiger charge is -2.04. The van der Waals surface area contributed by atoms with Crippen molar-refractivity contribution in [3.05, 3.63) is 83.1 Å². The van der Waals surface area contributed by atoms with E-state index < -0.39 is 11.9 Å². The first kappa shape index (κ1) is 18.7. The largest absolute Gasteiger partial charge is 0.478 e. The van der Waals surface area contributed by atoms with E-state index in [2.05, 4.69) is 5.32 Å². The van der Waals surface area contributed by atoms with Gasteiger partial charge in [0.2, 0.25) is 0 Å². The van der Waals surface area contributed by atoms with E-state index in [1.807, 2.05) is 12.1 Å². The van der Waals surface area contributed by atoms with Crippen molar-refractivity contribution < 1.29 is 19.1 Å². The molecule has 0 spiro atoms. The van der Waals surface area contributed by atoms with Crippen LogP contribution in [0.3, 0.4) is 0 Å². The Balaban J connectivity index is 1.83. The van der Waals surface area contributed by atoms with Crippen LogP contribution < -0.4 is 5.32 Å². The van der Waals surface area contributed by atoms with Crippen molar-refractivity contribution in [1.82, 2.24) is 0 Å². The van der Waals surface area contributed by atoms with Crippen LogP contribution >= 0.6 is 0 Å². The summed E-state index contributed by atoms with van der Waals surface area (Å²) in [6.07, 6.45) is 1.36. The fourth-order valence-electron chi connectivity index (χ4n) is 2.66. The number of anilines is 1. The third-order valence-corrected chi connectivity index (χ3v) is 4.05. The quantitative estimate of drug-likeness (QED) is 0.507. The smallest absolute Gasteiger partial charge is 0.335 e. The summed E-state index contributed by atoms with van der Waals surface area (Å²) >= 11 is 0. The lowest BCUT2D eigenvalue weighted by Crippen LogP contribution is -2.13. The second-order valence-electron chi connectivity index (χ2n) is 6.03. The number of hydrogen-bond donors (Lipinski definition) is 2. The molecule has 1 heterocycles. The van der Waals surface area contributed by atoms with Crippen LogP contribution in [0.5, 0.6) is 0 Å². The maximum absolute atomic E-state index is 12.3. The van der Waals surface area contributed by atoms with Crippen LogP contribution in [0.15, 0.2) is 70.7 Å². The average Bonchev–Trinajstić information content (AvgIpc) is 3.15. The third kappa shape index (κ3) is 4.17. The number of nitriles is 1. The van der Waals surface area contributed by atoms with Crippen molar-refractivity contribution in [3.63, 3.8) is 0 Å². The predicted molar refractivity (Wildman–Crippen MR) is 105 cm³/mol. The van der Waals surface area contributed by atoms with Gasteiger partial charge in [-0.15, -0.1) is 0 Å². The summed E-state index contributed by atoms with van der Waals surface area (Å²) in [6.45, 7) is 1.79. The number of amides is 1. The number of aryl methyl sites for hydroxylation is 1. The van der Waals surface area contributed by atoms with E-state index in [0.29, 0.717) is 17.2 Å². The number of rotatable bonds is 5. The second-order valence-corrected chi connectivity index (χ2v) is 6.03. The highest BCUT2D eigenvalue weighted by Gasteiger charge is 2.13. The predicted octanol–water partition coefficient (Wildman–Crippen LogP) is 4.50. The van der Waals surface area contributed by atoms with Gasteiger partial charge < -0.3 is 14.8 Å². The molecule has 1 amide bonds. The molecule has 0 radical (unpaired) electrons. The summed E-state index contributed by atoms with van der Waals surface area (Å²) in [4.78, 5) is 23.3. The van der Waals surface area contributed by atoms with E-state index in [-0.39, 0.29) is 11.1 Å². The Hall–Kier alpha value is -4.11. The molecule has 0 unspecified atom stereocenters. The van der Waals surface area contributed by atoms with Crippen molar-refractivity contribution >= 4 is 23.6 Å². The number of carbonyl (C=O) groups is 2. The molecular formula is C22H16N2O4. The summed E-state index contributed by atoms with van der Waals surface area (Å²) in [7, 11) is 0. The molecule has 0 saturated carbocycles. The molecule has 138 valence electrons. The van der Waals surface area contributed by atoms with Crippen molar-refractivity contribution in [2.24, 2.45) is 0 Å². The fraction of sp³-hybridized carbons (Fsp3) is 0.0455. The van der Waals surface area contributed by atoms with E-state index in [1.165, 1.54) is 12.1 Å². The minimum atomic E-state index is -0.999. The number of aromatic carboxylic acids is 1. The zero-order chi connectivity index (χ0) is 20.1. The van der Waals surface area contributed by atoms with Crippen LogP contribution in [0, 0.1) is 18.3 Å². The number of carboxylic acids is 1. The molecule has 6 heteroatoms. The summed E-state index contributed by atoms with van der Waals surface area (Å²) in [6, 6.07) is 18.8. The first-order chi connectivity index (χ1) is 13.5. The number of furan rings is 1. The Kier molecular flexibility index (Phi) is 5.38. The molecule has 2 aromatic carbocycles. The highest BCUT2D eigenvalue weighted by atomic mass is 16.4. The Morgan fingerprint density at radius 2 is 1.86 bits per heavy atom. The van der Waals surface area contributed by atoms with Crippen molar-refractivity contribution in [2.45, 2.75) is 6.92 Å². The zero-order valence-corrected chi connectivity index (χ0v) is 15.0. The summed E-state index contributed by atoms with van der Waals surface area (Å²) in [5.41, 5.74) is 2.16. The van der Waals surface area contributed by atoms with Gasteiger partial charge in [-0.05, 0) is 48.9 Å². The second kappa shape index (κ2) is 8.06. The average molecular weight is 372 g/mol. The van der Waals surface area contributed by atoms with Gasteiger partial charge in [-0.2, -0.15) is 5.26 Å². The minimum Gasteiger partial charge on any atom is -0.478 e. The normalized spacial score (nSPS) is 10.9. The molecule has 0 fully saturated rings. The number of para-hydroxylation sites is 1. The molecule has 28 heavy (non-hydrogen) atoms. The highest BCUT2D eigenvalue weighted by Crippen LogP contribution is 2.27. The number of nitrogens with zero attached hydrogens (tertiary/aromatic N) is 1. The molecule has 0 aliphatic carbocycles. The van der Waals surface area contributed by atoms with Gasteiger partial charge in [0.15, 0.2) is 0 Å². The highest BCUT2D eigenvalue weighted by molar-refractivity contribution is 6.09. The van der Waals surface area contributed by atoms with E-state index in [0.717, 1.165) is 11.1 Å². The van der Waals surface area contributed by atoms with Crippen molar-refractivity contribution in [3.8, 4) is 17.4 Å². The first-order valence-corrected chi connectivity index (χ1v) is 8.40. The number of nitrogens with one attached hydrogen (secondary N) is 1. The van der Waals surface area contributed by atoms with Gasteiger partial charge in [0, 0.05) is 17.3 Å². The van der Waals surface area contributed by atoms with E-state index in [1.54, 1.807) is 55.5 Å². The van der Waals surface area contributed by atoms with Gasteiger partial charge in [-0.25, -0.2) is 4.79 Å². The summed E-state index contributed by atoms with van der Waals surface area (Å²) in [5.74, 6) is -0.674. The monoisotopic (exact) mass is 372 g/mol. The standard InChI is InChI=1S/C22H16N2O4/c1-14-11-15(22(26)27)7-9-19(14)20-10-8-18(28-20)12-16(13-23)21(25)24-17-5-3-2-4-6-17/h2-12H,1H3,(H,24,25)(H,26,27)/b16-12-. The molecule has 3 rings (SSSR count). The van der Waals surface area contributed by atoms with Gasteiger partial charge in [0.05, 0.1) is 5.56 Å². The molecule has 2 N–H and O–H groups in total. The van der Waals surface area contributed by atoms with Gasteiger partial charge in [-0.3, -0.25) is 4.79 Å². The molecule has 0 aliphatic heterocycles. The molecule has 0 aliphatic rings. The van der Waals surface area contributed by atoms with Gasteiger partial charge in [-0.1, -0.05) is 24.3 Å². The lowest BCUT2D eigenvalue weighted by molar-refractivity contribution is -0.112. The fourth-order valence-corrected chi connectivity index (χ4v) is 2.66. The molecule has 0 bridgehead atoms. The molecule has 3 aromatic rings. The topological polar surface area (TPSA) is 103 Å². The third-order valence-electron chi connectivity index (χ3n) is 4.05. The van der Waals surface area contributed by atoms with Crippen molar-refractivity contribution in [1.29, 1.82) is 5.26 Å². The summed E-state index contributed by atoms with van der Waals surface area (Å²) in [5, 5.41) is 21.0. The molecule has 0 saturated heterocycles. The maximum Gasteiger partial charge on any atom is 0.335 e. The molecule has 1 aromatic heterocycles. The zero-order valence-electron chi connectivity index (χ0n) is 15.0. The van der Waals surface area contributed by atoms with Crippen LogP contribution in [-0.2, 0) is 4.79 Å². The number of benzene rings is 2. The van der Waals surface area contributed by atoms with E-state index >= 15 is 0 Å². The maximum atomic E-state index is 12.3. The van der Waals surface area contributed by atoms with E-state index in [9.17, 15) is 14.9 Å².